The van der Waals surface area contributed by atoms with Gasteiger partial charge in [0.1, 0.15) is 11.4 Å². The number of benzene rings is 1. The Labute approximate surface area is 148 Å². The molecular formula is C20H27N3O2. The maximum absolute atomic E-state index is 12.5. The van der Waals surface area contributed by atoms with Crippen LogP contribution in [0.4, 0.5) is 0 Å². The lowest BCUT2D eigenvalue weighted by Gasteiger charge is -2.19. The van der Waals surface area contributed by atoms with Crippen LogP contribution < -0.4 is 4.74 Å². The summed E-state index contributed by atoms with van der Waals surface area (Å²) in [4.78, 5) is 20.1. The van der Waals surface area contributed by atoms with Gasteiger partial charge in [-0.2, -0.15) is 0 Å². The van der Waals surface area contributed by atoms with Gasteiger partial charge in [0.05, 0.1) is 6.61 Å². The van der Waals surface area contributed by atoms with E-state index in [0.717, 1.165) is 55.6 Å². The van der Waals surface area contributed by atoms with Gasteiger partial charge < -0.3 is 19.5 Å². The Kier molecular flexibility index (Phi) is 4.66. The average Bonchev–Trinajstić information content (AvgIpc) is 3.34. The van der Waals surface area contributed by atoms with Crippen LogP contribution in [0.25, 0.3) is 10.9 Å². The summed E-state index contributed by atoms with van der Waals surface area (Å²) in [6.45, 7) is 3.68. The smallest absolute Gasteiger partial charge is 0.270 e. The molecule has 0 aliphatic carbocycles. The molecule has 2 aromatic rings. The van der Waals surface area contributed by atoms with Crippen LogP contribution >= 0.6 is 0 Å². The molecule has 1 unspecified atom stereocenters. The second-order valence-corrected chi connectivity index (χ2v) is 7.35. The van der Waals surface area contributed by atoms with Gasteiger partial charge in [-0.25, -0.2) is 0 Å². The van der Waals surface area contributed by atoms with E-state index in [4.69, 9.17) is 4.74 Å². The fourth-order valence-electron chi connectivity index (χ4n) is 4.06. The van der Waals surface area contributed by atoms with Gasteiger partial charge in [-0.15, -0.1) is 0 Å². The van der Waals surface area contributed by atoms with E-state index in [0.29, 0.717) is 11.7 Å². The zero-order valence-corrected chi connectivity index (χ0v) is 15.0. The summed E-state index contributed by atoms with van der Waals surface area (Å²) in [5.74, 6) is 0.982. The lowest BCUT2D eigenvalue weighted by atomic mass is 10.1. The number of likely N-dealkylation sites (tertiary alicyclic amines) is 2. The number of hydrogen-bond donors (Lipinski definition) is 1. The van der Waals surface area contributed by atoms with Crippen molar-refractivity contribution in [2.45, 2.75) is 38.1 Å². The lowest BCUT2D eigenvalue weighted by Crippen LogP contribution is -2.27. The Balaban J connectivity index is 1.40. The summed E-state index contributed by atoms with van der Waals surface area (Å²) in [6, 6.07) is 8.64. The number of aromatic nitrogens is 1. The van der Waals surface area contributed by atoms with Crippen LogP contribution in [0.2, 0.25) is 0 Å². The first kappa shape index (κ1) is 16.5. The quantitative estimate of drug-likeness (QED) is 0.908. The number of carbonyl (C=O) groups excluding carboxylic acids is 1. The minimum atomic E-state index is 0.112. The Morgan fingerprint density at radius 2 is 2.04 bits per heavy atom. The van der Waals surface area contributed by atoms with Gasteiger partial charge in [0.25, 0.3) is 5.91 Å². The number of fused-ring (bicyclic) bond motifs is 1. The largest absolute Gasteiger partial charge is 0.493 e. The molecule has 1 N–H and O–H groups in total. The van der Waals surface area contributed by atoms with Gasteiger partial charge in [0.2, 0.25) is 0 Å². The summed E-state index contributed by atoms with van der Waals surface area (Å²) in [5.41, 5.74) is 1.65. The van der Waals surface area contributed by atoms with Crippen LogP contribution in [0, 0.1) is 0 Å². The monoisotopic (exact) mass is 341 g/mol. The molecule has 0 bridgehead atoms. The first-order valence-electron chi connectivity index (χ1n) is 9.46. The predicted molar refractivity (Wildman–Crippen MR) is 99.2 cm³/mol. The molecule has 0 spiro atoms. The van der Waals surface area contributed by atoms with Crippen LogP contribution in [0.3, 0.4) is 0 Å². The summed E-state index contributed by atoms with van der Waals surface area (Å²) in [6.07, 6.45) is 5.86. The standard InChI is InChI=1S/C20H27N3O2/c1-22-9-4-5-16(22)8-12-25-17-7-6-15-13-19(21-18(15)14-17)20(24)23-10-2-3-11-23/h6-7,13-14,16,21H,2-5,8-12H2,1H3. The fraction of sp³-hybridized carbons (Fsp3) is 0.550. The number of ether oxygens (including phenoxy) is 1. The lowest BCUT2D eigenvalue weighted by molar-refractivity contribution is 0.0788. The Morgan fingerprint density at radius 3 is 2.80 bits per heavy atom. The van der Waals surface area contributed by atoms with Crippen molar-refractivity contribution in [3.63, 3.8) is 0 Å². The molecule has 0 saturated carbocycles. The summed E-state index contributed by atoms with van der Waals surface area (Å²) in [5, 5.41) is 1.06. The van der Waals surface area contributed by atoms with E-state index in [1.165, 1.54) is 19.4 Å². The number of nitrogens with one attached hydrogen (secondary N) is 1. The first-order valence-corrected chi connectivity index (χ1v) is 9.46. The van der Waals surface area contributed by atoms with Gasteiger partial charge in [-0.1, -0.05) is 0 Å². The number of carbonyl (C=O) groups is 1. The van der Waals surface area contributed by atoms with Crippen molar-refractivity contribution < 1.29 is 9.53 Å². The molecule has 3 heterocycles. The maximum Gasteiger partial charge on any atom is 0.270 e. The molecule has 2 saturated heterocycles. The number of hydrogen-bond acceptors (Lipinski definition) is 3. The zero-order valence-electron chi connectivity index (χ0n) is 15.0. The van der Waals surface area contributed by atoms with E-state index < -0.39 is 0 Å². The summed E-state index contributed by atoms with van der Waals surface area (Å²) >= 11 is 0. The molecule has 1 amide bonds. The number of aromatic amines is 1. The SMILES string of the molecule is CN1CCCC1CCOc1ccc2cc(C(=O)N3CCCC3)[nH]c2c1. The third-order valence-corrected chi connectivity index (χ3v) is 5.61. The molecule has 4 rings (SSSR count). The van der Waals surface area contributed by atoms with E-state index in [2.05, 4.69) is 16.9 Å². The predicted octanol–water partition coefficient (Wildman–Crippen LogP) is 3.27. The van der Waals surface area contributed by atoms with E-state index >= 15 is 0 Å². The molecule has 1 aromatic carbocycles. The Bertz CT molecular complexity index is 748. The van der Waals surface area contributed by atoms with Gasteiger partial charge >= 0.3 is 0 Å². The van der Waals surface area contributed by atoms with E-state index in [1.54, 1.807) is 0 Å². The molecule has 2 aliphatic rings. The molecule has 1 aromatic heterocycles. The minimum absolute atomic E-state index is 0.112. The van der Waals surface area contributed by atoms with Crippen molar-refractivity contribution >= 4 is 16.8 Å². The Morgan fingerprint density at radius 1 is 1.20 bits per heavy atom. The Hall–Kier alpha value is -2.01. The van der Waals surface area contributed by atoms with E-state index in [-0.39, 0.29) is 5.91 Å². The highest BCUT2D eigenvalue weighted by molar-refractivity contribution is 5.98. The van der Waals surface area contributed by atoms with Crippen LogP contribution in [0.15, 0.2) is 24.3 Å². The molecule has 134 valence electrons. The molecule has 1 atom stereocenters. The highest BCUT2D eigenvalue weighted by Crippen LogP contribution is 2.24. The van der Waals surface area contributed by atoms with Crippen LogP contribution in [0.5, 0.6) is 5.75 Å². The highest BCUT2D eigenvalue weighted by atomic mass is 16.5. The summed E-state index contributed by atoms with van der Waals surface area (Å²) < 4.78 is 5.95. The van der Waals surface area contributed by atoms with Gasteiger partial charge in [0, 0.05) is 36.1 Å². The van der Waals surface area contributed by atoms with Crippen molar-refractivity contribution in [3.05, 3.63) is 30.0 Å². The molecule has 2 fully saturated rings. The highest BCUT2D eigenvalue weighted by Gasteiger charge is 2.22. The van der Waals surface area contributed by atoms with Crippen LogP contribution in [-0.2, 0) is 0 Å². The normalized spacial score (nSPS) is 21.3. The molecule has 25 heavy (non-hydrogen) atoms. The van der Waals surface area contributed by atoms with Gasteiger partial charge in [-0.3, -0.25) is 4.79 Å². The first-order chi connectivity index (χ1) is 12.2. The third-order valence-electron chi connectivity index (χ3n) is 5.61. The fourth-order valence-corrected chi connectivity index (χ4v) is 4.06. The second-order valence-electron chi connectivity index (χ2n) is 7.35. The minimum Gasteiger partial charge on any atom is -0.493 e. The van der Waals surface area contributed by atoms with Gasteiger partial charge in [-0.05, 0) is 63.9 Å². The molecule has 5 heteroatoms. The van der Waals surface area contributed by atoms with Crippen molar-refractivity contribution in [1.82, 2.24) is 14.8 Å². The zero-order chi connectivity index (χ0) is 17.2. The molecule has 2 aliphatic heterocycles. The second kappa shape index (κ2) is 7.08. The van der Waals surface area contributed by atoms with Gasteiger partial charge in [0.15, 0.2) is 0 Å². The van der Waals surface area contributed by atoms with Crippen molar-refractivity contribution in [3.8, 4) is 5.75 Å². The number of amides is 1. The van der Waals surface area contributed by atoms with E-state index in [1.807, 2.05) is 29.2 Å². The number of H-pyrrole nitrogens is 1. The van der Waals surface area contributed by atoms with Crippen LogP contribution in [0.1, 0.15) is 42.6 Å². The average molecular weight is 341 g/mol. The summed E-state index contributed by atoms with van der Waals surface area (Å²) in [7, 11) is 2.20. The van der Waals surface area contributed by atoms with Crippen molar-refractivity contribution in [2.75, 3.05) is 33.3 Å². The van der Waals surface area contributed by atoms with Crippen molar-refractivity contribution in [2.24, 2.45) is 0 Å². The van der Waals surface area contributed by atoms with Crippen molar-refractivity contribution in [1.29, 1.82) is 0 Å². The maximum atomic E-state index is 12.5. The van der Waals surface area contributed by atoms with Crippen LogP contribution in [-0.4, -0.2) is 60.0 Å². The third kappa shape index (κ3) is 3.52. The molecule has 5 nitrogen and oxygen atoms in total. The number of nitrogens with zero attached hydrogens (tertiary/aromatic N) is 2. The number of rotatable bonds is 5. The topological polar surface area (TPSA) is 48.6 Å². The molecular weight excluding hydrogens is 314 g/mol. The molecule has 0 radical (unpaired) electrons. The van der Waals surface area contributed by atoms with E-state index in [9.17, 15) is 4.79 Å².